The van der Waals surface area contributed by atoms with Gasteiger partial charge in [0.1, 0.15) is 5.75 Å². The molecular formula is C23H26N2O4S2. The Hall–Kier alpha value is -2.71. The third kappa shape index (κ3) is 5.92. The third-order valence-corrected chi connectivity index (χ3v) is 7.54. The Morgan fingerprint density at radius 1 is 1.10 bits per heavy atom. The second-order valence-corrected chi connectivity index (χ2v) is 10.7. The van der Waals surface area contributed by atoms with Gasteiger partial charge in [-0.15, -0.1) is 11.3 Å². The summed E-state index contributed by atoms with van der Waals surface area (Å²) in [4.78, 5) is 17.1. The van der Waals surface area contributed by atoms with E-state index in [4.69, 9.17) is 4.74 Å². The minimum atomic E-state index is -3.32. The van der Waals surface area contributed by atoms with Crippen LogP contribution in [0, 0.1) is 0 Å². The standard InChI is InChI=1S/C23H26N2O4S2/c1-4-13-29-19-9-7-18(8-10-19)21-15-30-23(24-21)25-22(26)14-17-5-11-20(12-6-17)31(27,28)16(2)3/h5-12,15-16H,4,13-14H2,1-3H3,(H,24,25,26). The van der Waals surface area contributed by atoms with Gasteiger partial charge in [-0.25, -0.2) is 13.4 Å². The van der Waals surface area contributed by atoms with Crippen LogP contribution in [0.1, 0.15) is 32.8 Å². The number of sulfone groups is 1. The van der Waals surface area contributed by atoms with E-state index in [1.54, 1.807) is 38.1 Å². The van der Waals surface area contributed by atoms with Crippen LogP contribution in [0.15, 0.2) is 58.8 Å². The molecule has 1 N–H and O–H groups in total. The Balaban J connectivity index is 1.60. The zero-order chi connectivity index (χ0) is 22.4. The molecule has 0 atom stereocenters. The van der Waals surface area contributed by atoms with Crippen molar-refractivity contribution in [2.75, 3.05) is 11.9 Å². The van der Waals surface area contributed by atoms with Crippen LogP contribution in [0.2, 0.25) is 0 Å². The number of hydrogen-bond acceptors (Lipinski definition) is 6. The number of amides is 1. The first-order valence-corrected chi connectivity index (χ1v) is 12.5. The maximum Gasteiger partial charge on any atom is 0.230 e. The summed E-state index contributed by atoms with van der Waals surface area (Å²) in [6.45, 7) is 6.04. The van der Waals surface area contributed by atoms with Gasteiger partial charge in [0.05, 0.1) is 28.9 Å². The van der Waals surface area contributed by atoms with Crippen LogP contribution in [0.4, 0.5) is 5.13 Å². The van der Waals surface area contributed by atoms with Crippen LogP contribution < -0.4 is 10.1 Å². The van der Waals surface area contributed by atoms with Crippen molar-refractivity contribution in [1.29, 1.82) is 0 Å². The summed E-state index contributed by atoms with van der Waals surface area (Å²) in [5.41, 5.74) is 2.47. The molecule has 3 aromatic rings. The monoisotopic (exact) mass is 458 g/mol. The molecule has 0 saturated carbocycles. The number of benzene rings is 2. The number of aromatic nitrogens is 1. The molecule has 1 amide bonds. The summed E-state index contributed by atoms with van der Waals surface area (Å²) in [7, 11) is -3.32. The van der Waals surface area contributed by atoms with Gasteiger partial charge >= 0.3 is 0 Å². The van der Waals surface area contributed by atoms with Crippen LogP contribution in [-0.2, 0) is 21.1 Å². The van der Waals surface area contributed by atoms with E-state index in [2.05, 4.69) is 17.2 Å². The van der Waals surface area contributed by atoms with E-state index in [0.717, 1.165) is 29.0 Å². The summed E-state index contributed by atoms with van der Waals surface area (Å²) >= 11 is 1.36. The molecule has 1 aromatic heterocycles. The normalized spacial score (nSPS) is 11.5. The lowest BCUT2D eigenvalue weighted by atomic mass is 10.1. The molecule has 0 unspecified atom stereocenters. The molecule has 3 rings (SSSR count). The largest absolute Gasteiger partial charge is 0.494 e. The van der Waals surface area contributed by atoms with Crippen molar-refractivity contribution in [3.8, 4) is 17.0 Å². The first kappa shape index (κ1) is 23.0. The third-order valence-electron chi connectivity index (χ3n) is 4.61. The molecule has 8 heteroatoms. The van der Waals surface area contributed by atoms with E-state index in [-0.39, 0.29) is 17.2 Å². The topological polar surface area (TPSA) is 85.4 Å². The van der Waals surface area contributed by atoms with Crippen molar-refractivity contribution in [3.63, 3.8) is 0 Å². The van der Waals surface area contributed by atoms with E-state index in [9.17, 15) is 13.2 Å². The number of carbonyl (C=O) groups is 1. The van der Waals surface area contributed by atoms with Crippen molar-refractivity contribution >= 4 is 32.2 Å². The number of rotatable bonds is 9. The Kier molecular flexibility index (Phi) is 7.46. The van der Waals surface area contributed by atoms with E-state index in [1.807, 2.05) is 29.6 Å². The highest BCUT2D eigenvalue weighted by Gasteiger charge is 2.19. The Morgan fingerprint density at radius 3 is 2.39 bits per heavy atom. The van der Waals surface area contributed by atoms with Gasteiger partial charge < -0.3 is 10.1 Å². The average Bonchev–Trinajstić information content (AvgIpc) is 3.21. The highest BCUT2D eigenvalue weighted by molar-refractivity contribution is 7.92. The molecule has 6 nitrogen and oxygen atoms in total. The molecule has 164 valence electrons. The summed E-state index contributed by atoms with van der Waals surface area (Å²) < 4.78 is 30.0. The Bertz CT molecular complexity index is 1120. The molecule has 0 saturated heterocycles. The van der Waals surface area contributed by atoms with E-state index < -0.39 is 15.1 Å². The number of thiazole rings is 1. The summed E-state index contributed by atoms with van der Waals surface area (Å²) in [6, 6.07) is 14.1. The molecule has 2 aromatic carbocycles. The molecule has 31 heavy (non-hydrogen) atoms. The van der Waals surface area contributed by atoms with Gasteiger partial charge in [0.25, 0.3) is 0 Å². The fraction of sp³-hybridized carbons (Fsp3) is 0.304. The lowest BCUT2D eigenvalue weighted by Crippen LogP contribution is -2.15. The molecule has 0 aliphatic heterocycles. The summed E-state index contributed by atoms with van der Waals surface area (Å²) in [5.74, 6) is 0.616. The molecule has 0 bridgehead atoms. The minimum Gasteiger partial charge on any atom is -0.494 e. The van der Waals surface area contributed by atoms with Crippen molar-refractivity contribution in [1.82, 2.24) is 4.98 Å². The first-order valence-electron chi connectivity index (χ1n) is 10.1. The predicted molar refractivity (Wildman–Crippen MR) is 124 cm³/mol. The summed E-state index contributed by atoms with van der Waals surface area (Å²) in [6.07, 6.45) is 1.10. The van der Waals surface area contributed by atoms with E-state index >= 15 is 0 Å². The molecule has 0 aliphatic carbocycles. The van der Waals surface area contributed by atoms with Crippen molar-refractivity contribution in [3.05, 3.63) is 59.5 Å². The second-order valence-electron chi connectivity index (χ2n) is 7.37. The highest BCUT2D eigenvalue weighted by atomic mass is 32.2. The molecule has 0 radical (unpaired) electrons. The van der Waals surface area contributed by atoms with Gasteiger partial charge in [0.15, 0.2) is 15.0 Å². The van der Waals surface area contributed by atoms with Gasteiger partial charge in [-0.3, -0.25) is 4.79 Å². The van der Waals surface area contributed by atoms with Crippen molar-refractivity contribution < 1.29 is 17.9 Å². The zero-order valence-corrected chi connectivity index (χ0v) is 19.4. The molecule has 0 aliphatic rings. The smallest absolute Gasteiger partial charge is 0.230 e. The van der Waals surface area contributed by atoms with Crippen LogP contribution in [-0.4, -0.2) is 31.2 Å². The average molecular weight is 459 g/mol. The molecule has 0 spiro atoms. The fourth-order valence-corrected chi connectivity index (χ4v) is 4.62. The lowest BCUT2D eigenvalue weighted by molar-refractivity contribution is -0.115. The van der Waals surface area contributed by atoms with Gasteiger partial charge in [-0.2, -0.15) is 0 Å². The second kappa shape index (κ2) is 10.1. The summed E-state index contributed by atoms with van der Waals surface area (Å²) in [5, 5.41) is 4.73. The number of carbonyl (C=O) groups excluding carboxylic acids is 1. The van der Waals surface area contributed by atoms with Gasteiger partial charge in [0.2, 0.25) is 5.91 Å². The molecule has 1 heterocycles. The van der Waals surface area contributed by atoms with Crippen LogP contribution >= 0.6 is 11.3 Å². The fourth-order valence-electron chi connectivity index (χ4n) is 2.82. The van der Waals surface area contributed by atoms with Crippen LogP contribution in [0.3, 0.4) is 0 Å². The van der Waals surface area contributed by atoms with E-state index in [0.29, 0.717) is 11.7 Å². The molecular weight excluding hydrogens is 432 g/mol. The first-order chi connectivity index (χ1) is 14.8. The number of ether oxygens (including phenoxy) is 1. The predicted octanol–water partition coefficient (Wildman–Crippen LogP) is 4.96. The Labute approximate surface area is 187 Å². The minimum absolute atomic E-state index is 0.139. The number of hydrogen-bond donors (Lipinski definition) is 1. The van der Waals surface area contributed by atoms with Gasteiger partial charge in [-0.05, 0) is 62.2 Å². The quantitative estimate of drug-likeness (QED) is 0.490. The maximum atomic E-state index is 12.4. The van der Waals surface area contributed by atoms with E-state index in [1.165, 1.54) is 11.3 Å². The number of anilines is 1. The zero-order valence-electron chi connectivity index (χ0n) is 17.8. The van der Waals surface area contributed by atoms with Crippen molar-refractivity contribution in [2.24, 2.45) is 0 Å². The van der Waals surface area contributed by atoms with Gasteiger partial charge in [0, 0.05) is 10.9 Å². The SMILES string of the molecule is CCCOc1ccc(-c2csc(NC(=O)Cc3ccc(S(=O)(=O)C(C)C)cc3)n2)cc1. The number of nitrogens with one attached hydrogen (secondary N) is 1. The van der Waals surface area contributed by atoms with Crippen molar-refractivity contribution in [2.45, 2.75) is 43.8 Å². The molecule has 0 fully saturated rings. The Morgan fingerprint density at radius 2 is 1.77 bits per heavy atom. The van der Waals surface area contributed by atoms with Crippen LogP contribution in [0.25, 0.3) is 11.3 Å². The van der Waals surface area contributed by atoms with Crippen LogP contribution in [0.5, 0.6) is 5.75 Å². The number of nitrogens with zero attached hydrogens (tertiary/aromatic N) is 1. The lowest BCUT2D eigenvalue weighted by Gasteiger charge is -2.08. The maximum absolute atomic E-state index is 12.4. The van der Waals surface area contributed by atoms with Gasteiger partial charge in [-0.1, -0.05) is 19.1 Å². The highest BCUT2D eigenvalue weighted by Crippen LogP contribution is 2.27.